The Morgan fingerprint density at radius 1 is 0.556 bits per heavy atom. The Kier molecular flexibility index (Phi) is 2.00. The van der Waals surface area contributed by atoms with Gasteiger partial charge in [-0.3, -0.25) is 0 Å². The molecule has 0 bridgehead atoms. The minimum absolute atomic E-state index is 0.317. The zero-order chi connectivity index (χ0) is 11.9. The topological polar surface area (TPSA) is 39.4 Å². The molecule has 3 aromatic heterocycles. The molecular weight excluding hydrogens is 228 g/mol. The molecule has 3 heteroatoms. The molecule has 0 N–H and O–H groups in total. The van der Waals surface area contributed by atoms with Crippen molar-refractivity contribution in [3.05, 3.63) is 72.5 Å². The highest BCUT2D eigenvalue weighted by Crippen LogP contribution is 2.66. The molecule has 1 saturated carbocycles. The van der Waals surface area contributed by atoms with E-state index in [-0.39, 0.29) is 0 Å². The van der Waals surface area contributed by atoms with Crippen LogP contribution in [0.5, 0.6) is 0 Å². The van der Waals surface area contributed by atoms with Crippen LogP contribution in [0.4, 0.5) is 0 Å². The van der Waals surface area contributed by atoms with Gasteiger partial charge in [0.15, 0.2) is 0 Å². The summed E-state index contributed by atoms with van der Waals surface area (Å²) in [7, 11) is 0. The van der Waals surface area contributed by atoms with Crippen LogP contribution in [0.1, 0.15) is 35.0 Å². The van der Waals surface area contributed by atoms with Crippen molar-refractivity contribution in [1.29, 1.82) is 0 Å². The van der Waals surface area contributed by atoms with E-state index >= 15 is 0 Å². The maximum absolute atomic E-state index is 5.53. The summed E-state index contributed by atoms with van der Waals surface area (Å²) < 4.78 is 16.6. The third-order valence-electron chi connectivity index (χ3n) is 3.63. The van der Waals surface area contributed by atoms with E-state index in [1.165, 1.54) is 0 Å². The summed E-state index contributed by atoms with van der Waals surface area (Å²) in [6.45, 7) is 0. The van der Waals surface area contributed by atoms with Crippen molar-refractivity contribution in [2.24, 2.45) is 0 Å². The fraction of sp³-hybridized carbons (Fsp3) is 0.200. The Morgan fingerprint density at radius 2 is 0.889 bits per heavy atom. The zero-order valence-corrected chi connectivity index (χ0v) is 9.65. The summed E-state index contributed by atoms with van der Waals surface area (Å²) in [4.78, 5) is 0. The van der Waals surface area contributed by atoms with Crippen molar-refractivity contribution < 1.29 is 13.3 Å². The predicted molar refractivity (Wildman–Crippen MR) is 64.3 cm³/mol. The normalized spacial score (nSPS) is 26.3. The Balaban J connectivity index is 1.73. The summed E-state index contributed by atoms with van der Waals surface area (Å²) in [6.07, 6.45) is 5.14. The Bertz CT molecular complexity index is 508. The van der Waals surface area contributed by atoms with Crippen molar-refractivity contribution in [2.45, 2.75) is 17.8 Å². The molecule has 0 saturated heterocycles. The highest BCUT2D eigenvalue weighted by Gasteiger charge is 2.57. The van der Waals surface area contributed by atoms with Crippen LogP contribution in [0.25, 0.3) is 0 Å². The first-order valence-corrected chi connectivity index (χ1v) is 6.05. The van der Waals surface area contributed by atoms with E-state index in [0.717, 1.165) is 17.3 Å². The van der Waals surface area contributed by atoms with Gasteiger partial charge in [-0.15, -0.1) is 0 Å². The van der Waals surface area contributed by atoms with Crippen LogP contribution in [0.2, 0.25) is 0 Å². The van der Waals surface area contributed by atoms with E-state index < -0.39 is 0 Å². The van der Waals surface area contributed by atoms with Crippen LogP contribution in [-0.2, 0) is 0 Å². The van der Waals surface area contributed by atoms with Crippen LogP contribution in [-0.4, -0.2) is 0 Å². The molecule has 3 nitrogen and oxygen atoms in total. The summed E-state index contributed by atoms with van der Waals surface area (Å²) in [5.41, 5.74) is 0. The number of hydrogen-bond acceptors (Lipinski definition) is 3. The van der Waals surface area contributed by atoms with E-state index in [2.05, 4.69) is 0 Å². The van der Waals surface area contributed by atoms with E-state index in [1.54, 1.807) is 18.8 Å². The van der Waals surface area contributed by atoms with Gasteiger partial charge in [0.1, 0.15) is 17.3 Å². The second-order valence-electron chi connectivity index (χ2n) is 4.62. The molecule has 18 heavy (non-hydrogen) atoms. The van der Waals surface area contributed by atoms with Crippen LogP contribution >= 0.6 is 0 Å². The van der Waals surface area contributed by atoms with Crippen LogP contribution < -0.4 is 0 Å². The lowest BCUT2D eigenvalue weighted by atomic mass is 10.2. The zero-order valence-electron chi connectivity index (χ0n) is 9.65. The summed E-state index contributed by atoms with van der Waals surface area (Å²) in [5, 5.41) is 0. The smallest absolute Gasteiger partial charge is 0.108 e. The van der Waals surface area contributed by atoms with E-state index in [0.29, 0.717) is 17.8 Å². The third kappa shape index (κ3) is 1.37. The van der Waals surface area contributed by atoms with Gasteiger partial charge in [0.05, 0.1) is 18.8 Å². The van der Waals surface area contributed by atoms with Gasteiger partial charge in [-0.2, -0.15) is 0 Å². The Labute approximate surface area is 104 Å². The second kappa shape index (κ2) is 3.67. The molecule has 3 heterocycles. The SMILES string of the molecule is c1coc(C2C(c3ccco3)C2c2ccco2)c1. The average molecular weight is 240 g/mol. The van der Waals surface area contributed by atoms with Gasteiger partial charge in [0.2, 0.25) is 0 Å². The highest BCUT2D eigenvalue weighted by molar-refractivity contribution is 5.39. The lowest BCUT2D eigenvalue weighted by Crippen LogP contribution is -1.77. The minimum atomic E-state index is 0.317. The lowest BCUT2D eigenvalue weighted by molar-refractivity contribution is 0.486. The summed E-state index contributed by atoms with van der Waals surface area (Å²) in [5.74, 6) is 3.94. The molecule has 90 valence electrons. The van der Waals surface area contributed by atoms with Gasteiger partial charge in [-0.1, -0.05) is 0 Å². The number of hydrogen-bond donors (Lipinski definition) is 0. The first-order chi connectivity index (χ1) is 8.95. The fourth-order valence-corrected chi connectivity index (χ4v) is 2.82. The van der Waals surface area contributed by atoms with Crippen molar-refractivity contribution in [2.75, 3.05) is 0 Å². The molecule has 1 aliphatic carbocycles. The van der Waals surface area contributed by atoms with Crippen LogP contribution in [0.15, 0.2) is 68.4 Å². The van der Waals surface area contributed by atoms with Gasteiger partial charge in [-0.05, 0) is 36.4 Å². The molecule has 1 fully saturated rings. The molecular formula is C15H12O3. The molecule has 1 aliphatic rings. The maximum Gasteiger partial charge on any atom is 0.108 e. The van der Waals surface area contributed by atoms with Gasteiger partial charge >= 0.3 is 0 Å². The van der Waals surface area contributed by atoms with E-state index in [4.69, 9.17) is 13.3 Å². The fourth-order valence-electron chi connectivity index (χ4n) is 2.82. The van der Waals surface area contributed by atoms with Crippen LogP contribution in [0, 0.1) is 0 Å². The molecule has 0 radical (unpaired) electrons. The molecule has 0 unspecified atom stereocenters. The van der Waals surface area contributed by atoms with Crippen molar-refractivity contribution in [1.82, 2.24) is 0 Å². The predicted octanol–water partition coefficient (Wildman–Crippen LogP) is 4.13. The Morgan fingerprint density at radius 3 is 1.11 bits per heavy atom. The second-order valence-corrected chi connectivity index (χ2v) is 4.62. The first-order valence-electron chi connectivity index (χ1n) is 6.05. The summed E-state index contributed by atoms with van der Waals surface area (Å²) >= 11 is 0. The van der Waals surface area contributed by atoms with Crippen molar-refractivity contribution in [3.8, 4) is 0 Å². The molecule has 4 rings (SSSR count). The molecule has 3 aromatic rings. The van der Waals surface area contributed by atoms with Gasteiger partial charge < -0.3 is 13.3 Å². The standard InChI is InChI=1S/C15H12O3/c1-4-10(16-7-1)13-14(11-5-2-8-17-11)15(13)12-6-3-9-18-12/h1-9,13-15H. The monoisotopic (exact) mass is 240 g/mol. The van der Waals surface area contributed by atoms with E-state index in [9.17, 15) is 0 Å². The molecule has 0 aromatic carbocycles. The van der Waals surface area contributed by atoms with Crippen molar-refractivity contribution >= 4 is 0 Å². The van der Waals surface area contributed by atoms with Gasteiger partial charge in [0, 0.05) is 17.8 Å². The Hall–Kier alpha value is -2.16. The van der Waals surface area contributed by atoms with Crippen LogP contribution in [0.3, 0.4) is 0 Å². The van der Waals surface area contributed by atoms with Crippen molar-refractivity contribution in [3.63, 3.8) is 0 Å². The third-order valence-corrected chi connectivity index (χ3v) is 3.63. The first kappa shape index (κ1) is 9.83. The summed E-state index contributed by atoms with van der Waals surface area (Å²) in [6, 6.07) is 11.8. The molecule has 0 amide bonds. The largest absolute Gasteiger partial charge is 0.469 e. The minimum Gasteiger partial charge on any atom is -0.469 e. The highest BCUT2D eigenvalue weighted by atomic mass is 16.3. The quantitative estimate of drug-likeness (QED) is 0.691. The molecule has 0 aliphatic heterocycles. The van der Waals surface area contributed by atoms with Gasteiger partial charge in [0.25, 0.3) is 0 Å². The lowest BCUT2D eigenvalue weighted by Gasteiger charge is -1.91. The average Bonchev–Trinajstić information content (AvgIpc) is 3.00. The van der Waals surface area contributed by atoms with Gasteiger partial charge in [-0.25, -0.2) is 0 Å². The molecule has 0 spiro atoms. The van der Waals surface area contributed by atoms with E-state index in [1.807, 2.05) is 36.4 Å². The molecule has 0 atom stereocenters. The maximum atomic E-state index is 5.53. The number of rotatable bonds is 3. The number of furan rings is 3.